The second-order valence-corrected chi connectivity index (χ2v) is 6.87. The van der Waals surface area contributed by atoms with E-state index in [1.54, 1.807) is 0 Å². The van der Waals surface area contributed by atoms with Gasteiger partial charge in [-0.1, -0.05) is 0 Å². The van der Waals surface area contributed by atoms with Crippen LogP contribution in [0.4, 0.5) is 17.8 Å². The van der Waals surface area contributed by atoms with E-state index in [0.717, 1.165) is 63.4 Å². The Morgan fingerprint density at radius 1 is 0.652 bits per heavy atom. The smallest absolute Gasteiger partial charge is 0.232 e. The molecule has 1 unspecified atom stereocenters. The minimum atomic E-state index is -0.272. The van der Waals surface area contributed by atoms with Crippen molar-refractivity contribution in [3.8, 4) is 0 Å². The molecule has 3 saturated heterocycles. The summed E-state index contributed by atoms with van der Waals surface area (Å²) in [5, 5.41) is 9.97. The van der Waals surface area contributed by atoms with Crippen LogP contribution in [0.1, 0.15) is 38.5 Å². The van der Waals surface area contributed by atoms with Gasteiger partial charge in [-0.2, -0.15) is 15.0 Å². The summed E-state index contributed by atoms with van der Waals surface area (Å²) in [5.74, 6) is 2.37. The van der Waals surface area contributed by atoms with Crippen LogP contribution in [0.15, 0.2) is 0 Å². The van der Waals surface area contributed by atoms with Gasteiger partial charge in [0.05, 0.1) is 6.10 Å². The highest BCUT2D eigenvalue weighted by atomic mass is 16.3. The molecule has 0 spiro atoms. The maximum Gasteiger partial charge on any atom is 0.232 e. The average molecular weight is 318 g/mol. The Kier molecular flexibility index (Phi) is 4.20. The van der Waals surface area contributed by atoms with Gasteiger partial charge in [0.15, 0.2) is 0 Å². The minimum absolute atomic E-state index is 0.272. The van der Waals surface area contributed by atoms with E-state index in [1.165, 1.54) is 25.7 Å². The van der Waals surface area contributed by atoms with E-state index >= 15 is 0 Å². The third kappa shape index (κ3) is 3.20. The van der Waals surface area contributed by atoms with Gasteiger partial charge in [0.1, 0.15) is 0 Å². The molecule has 23 heavy (non-hydrogen) atoms. The lowest BCUT2D eigenvalue weighted by atomic mass is 10.1. The normalized spacial score (nSPS) is 25.4. The van der Waals surface area contributed by atoms with Gasteiger partial charge in [-0.05, 0) is 38.5 Å². The molecule has 7 nitrogen and oxygen atoms in total. The monoisotopic (exact) mass is 318 g/mol. The van der Waals surface area contributed by atoms with Gasteiger partial charge in [0.25, 0.3) is 0 Å². The van der Waals surface area contributed by atoms with Crippen molar-refractivity contribution in [3.05, 3.63) is 0 Å². The van der Waals surface area contributed by atoms with Gasteiger partial charge in [0, 0.05) is 39.3 Å². The molecule has 126 valence electrons. The van der Waals surface area contributed by atoms with Crippen LogP contribution in [-0.4, -0.2) is 65.4 Å². The molecule has 0 saturated carbocycles. The van der Waals surface area contributed by atoms with Crippen molar-refractivity contribution in [1.82, 2.24) is 15.0 Å². The molecule has 4 rings (SSSR count). The van der Waals surface area contributed by atoms with Crippen LogP contribution in [0.5, 0.6) is 0 Å². The molecule has 3 aliphatic heterocycles. The lowest BCUT2D eigenvalue weighted by Crippen LogP contribution is -2.40. The lowest BCUT2D eigenvalue weighted by Gasteiger charge is -2.31. The number of β-amino-alcohol motifs (C(OH)–C–C–N with tert-alkyl or cyclic N) is 1. The van der Waals surface area contributed by atoms with Gasteiger partial charge in [-0.25, -0.2) is 0 Å². The van der Waals surface area contributed by atoms with Gasteiger partial charge in [0.2, 0.25) is 17.8 Å². The van der Waals surface area contributed by atoms with Crippen LogP contribution in [-0.2, 0) is 0 Å². The Balaban J connectivity index is 1.65. The van der Waals surface area contributed by atoms with E-state index in [-0.39, 0.29) is 6.10 Å². The first kappa shape index (κ1) is 14.9. The zero-order chi connectivity index (χ0) is 15.6. The van der Waals surface area contributed by atoms with Crippen molar-refractivity contribution in [2.24, 2.45) is 0 Å². The fourth-order valence-corrected chi connectivity index (χ4v) is 3.74. The molecule has 1 N–H and O–H groups in total. The standard InChI is InChI=1S/C16H26N6O/c23-13-6-5-11-22(12-13)16-18-14(20-7-1-2-8-20)17-15(19-16)21-9-3-4-10-21/h13,23H,1-12H2. The number of hydrogen-bond acceptors (Lipinski definition) is 7. The number of rotatable bonds is 3. The predicted octanol–water partition coefficient (Wildman–Crippen LogP) is 1.03. The van der Waals surface area contributed by atoms with Crippen LogP contribution < -0.4 is 14.7 Å². The second kappa shape index (κ2) is 6.47. The van der Waals surface area contributed by atoms with E-state index in [9.17, 15) is 5.11 Å². The number of piperidine rings is 1. The predicted molar refractivity (Wildman–Crippen MR) is 90.2 cm³/mol. The quantitative estimate of drug-likeness (QED) is 0.893. The Bertz CT molecular complexity index is 507. The first-order valence-corrected chi connectivity index (χ1v) is 8.98. The highest BCUT2D eigenvalue weighted by molar-refractivity contribution is 5.47. The summed E-state index contributed by atoms with van der Waals surface area (Å²) in [5.41, 5.74) is 0. The summed E-state index contributed by atoms with van der Waals surface area (Å²) in [6, 6.07) is 0. The largest absolute Gasteiger partial charge is 0.391 e. The number of aromatic nitrogens is 3. The molecule has 0 radical (unpaired) electrons. The number of nitrogens with zero attached hydrogens (tertiary/aromatic N) is 6. The van der Waals surface area contributed by atoms with Crippen molar-refractivity contribution in [3.63, 3.8) is 0 Å². The zero-order valence-electron chi connectivity index (χ0n) is 13.7. The average Bonchev–Trinajstić information content (AvgIpc) is 3.28. The molecule has 0 aliphatic carbocycles. The van der Waals surface area contributed by atoms with Crippen molar-refractivity contribution in [1.29, 1.82) is 0 Å². The topological polar surface area (TPSA) is 68.6 Å². The van der Waals surface area contributed by atoms with E-state index in [0.29, 0.717) is 6.54 Å². The van der Waals surface area contributed by atoms with Gasteiger partial charge in [-0.15, -0.1) is 0 Å². The first-order valence-electron chi connectivity index (χ1n) is 8.98. The fraction of sp³-hybridized carbons (Fsp3) is 0.812. The number of hydrogen-bond donors (Lipinski definition) is 1. The Hall–Kier alpha value is -1.63. The van der Waals surface area contributed by atoms with Crippen LogP contribution in [0.25, 0.3) is 0 Å². The van der Waals surface area contributed by atoms with Crippen LogP contribution >= 0.6 is 0 Å². The van der Waals surface area contributed by atoms with Crippen molar-refractivity contribution < 1.29 is 5.11 Å². The fourth-order valence-electron chi connectivity index (χ4n) is 3.74. The van der Waals surface area contributed by atoms with Crippen LogP contribution in [0, 0.1) is 0 Å². The highest BCUT2D eigenvalue weighted by Crippen LogP contribution is 2.25. The molecule has 0 bridgehead atoms. The lowest BCUT2D eigenvalue weighted by molar-refractivity contribution is 0.153. The molecule has 0 aromatic carbocycles. The van der Waals surface area contributed by atoms with E-state index in [2.05, 4.69) is 14.7 Å². The molecule has 3 aliphatic rings. The van der Waals surface area contributed by atoms with Gasteiger partial charge < -0.3 is 19.8 Å². The molecule has 7 heteroatoms. The molecular weight excluding hydrogens is 292 g/mol. The molecular formula is C16H26N6O. The summed E-state index contributed by atoms with van der Waals surface area (Å²) in [7, 11) is 0. The molecule has 1 aromatic heterocycles. The first-order chi connectivity index (χ1) is 11.3. The van der Waals surface area contributed by atoms with Gasteiger partial charge in [-0.3, -0.25) is 0 Å². The van der Waals surface area contributed by atoms with Crippen LogP contribution in [0.2, 0.25) is 0 Å². The SMILES string of the molecule is OC1CCCN(c2nc(N3CCCC3)nc(N3CCCC3)n2)C1. The summed E-state index contributed by atoms with van der Waals surface area (Å²) in [6.07, 6.45) is 6.44. The summed E-state index contributed by atoms with van der Waals surface area (Å²) < 4.78 is 0. The molecule has 4 heterocycles. The van der Waals surface area contributed by atoms with E-state index in [4.69, 9.17) is 15.0 Å². The molecule has 3 fully saturated rings. The Morgan fingerprint density at radius 2 is 1.09 bits per heavy atom. The molecule has 1 atom stereocenters. The maximum atomic E-state index is 9.97. The van der Waals surface area contributed by atoms with Crippen molar-refractivity contribution in [2.75, 3.05) is 54.0 Å². The summed E-state index contributed by atoms with van der Waals surface area (Å²) >= 11 is 0. The Labute approximate surface area is 137 Å². The minimum Gasteiger partial charge on any atom is -0.391 e. The third-order valence-electron chi connectivity index (χ3n) is 5.06. The van der Waals surface area contributed by atoms with Gasteiger partial charge >= 0.3 is 0 Å². The number of aliphatic hydroxyl groups is 1. The number of aliphatic hydroxyl groups excluding tert-OH is 1. The van der Waals surface area contributed by atoms with Crippen molar-refractivity contribution >= 4 is 17.8 Å². The second-order valence-electron chi connectivity index (χ2n) is 6.87. The number of anilines is 3. The summed E-state index contributed by atoms with van der Waals surface area (Å²) in [4.78, 5) is 20.9. The molecule has 0 amide bonds. The van der Waals surface area contributed by atoms with Crippen LogP contribution in [0.3, 0.4) is 0 Å². The van der Waals surface area contributed by atoms with E-state index in [1.807, 2.05) is 0 Å². The Morgan fingerprint density at radius 3 is 1.57 bits per heavy atom. The van der Waals surface area contributed by atoms with Crippen molar-refractivity contribution in [2.45, 2.75) is 44.6 Å². The third-order valence-corrected chi connectivity index (χ3v) is 5.06. The summed E-state index contributed by atoms with van der Waals surface area (Å²) in [6.45, 7) is 5.68. The van der Waals surface area contributed by atoms with E-state index < -0.39 is 0 Å². The zero-order valence-corrected chi connectivity index (χ0v) is 13.7. The maximum absolute atomic E-state index is 9.97. The molecule has 1 aromatic rings. The highest BCUT2D eigenvalue weighted by Gasteiger charge is 2.25.